The third-order valence-corrected chi connectivity index (χ3v) is 3.78. The molecule has 2 aromatic rings. The molecule has 2 rings (SSSR count). The molecule has 5 heteroatoms. The summed E-state index contributed by atoms with van der Waals surface area (Å²) in [5.41, 5.74) is 3.53. The molecule has 0 radical (unpaired) electrons. The zero-order valence-corrected chi connectivity index (χ0v) is 14.5. The van der Waals surface area contributed by atoms with E-state index in [1.807, 2.05) is 31.2 Å². The lowest BCUT2D eigenvalue weighted by molar-refractivity contribution is -0.112. The van der Waals surface area contributed by atoms with Crippen molar-refractivity contribution in [3.8, 4) is 11.8 Å². The van der Waals surface area contributed by atoms with Crippen LogP contribution in [0.25, 0.3) is 0 Å². The van der Waals surface area contributed by atoms with E-state index in [4.69, 9.17) is 0 Å². The normalized spacial score (nSPS) is 11.1. The van der Waals surface area contributed by atoms with Crippen LogP contribution in [0.5, 0.6) is 5.75 Å². The van der Waals surface area contributed by atoms with E-state index in [1.54, 1.807) is 12.1 Å². The van der Waals surface area contributed by atoms with Gasteiger partial charge in [-0.1, -0.05) is 32.0 Å². The highest BCUT2D eigenvalue weighted by Crippen LogP contribution is 2.27. The monoisotopic (exact) mass is 335 g/mol. The number of phenols is 1. The van der Waals surface area contributed by atoms with E-state index in [-0.39, 0.29) is 11.3 Å². The summed E-state index contributed by atoms with van der Waals surface area (Å²) < 4.78 is 0. The molecule has 0 aliphatic heterocycles. The van der Waals surface area contributed by atoms with Crippen molar-refractivity contribution in [2.75, 3.05) is 10.6 Å². The van der Waals surface area contributed by atoms with Crippen LogP contribution in [0.3, 0.4) is 0 Å². The number of aryl methyl sites for hydroxylation is 1. The number of nitrogens with one attached hydrogen (secondary N) is 2. The SMILES string of the molecule is Cc1cccc(C(C)C)c1N/C=C(/C#N)C(=O)Nc1ccc(O)cc1. The third kappa shape index (κ3) is 4.61. The Labute approximate surface area is 147 Å². The first-order valence-corrected chi connectivity index (χ1v) is 7.99. The molecule has 3 N–H and O–H groups in total. The van der Waals surface area contributed by atoms with Crippen LogP contribution < -0.4 is 10.6 Å². The van der Waals surface area contributed by atoms with Gasteiger partial charge in [-0.05, 0) is 48.2 Å². The van der Waals surface area contributed by atoms with Gasteiger partial charge in [-0.25, -0.2) is 0 Å². The fourth-order valence-corrected chi connectivity index (χ4v) is 2.40. The fourth-order valence-electron chi connectivity index (χ4n) is 2.40. The molecule has 0 aromatic heterocycles. The number of benzene rings is 2. The van der Waals surface area contributed by atoms with Crippen molar-refractivity contribution < 1.29 is 9.90 Å². The molecule has 0 fully saturated rings. The minimum Gasteiger partial charge on any atom is -0.508 e. The first-order chi connectivity index (χ1) is 11.9. The lowest BCUT2D eigenvalue weighted by Crippen LogP contribution is -2.14. The van der Waals surface area contributed by atoms with Crippen LogP contribution >= 0.6 is 0 Å². The number of anilines is 2. The number of carbonyl (C=O) groups is 1. The minimum atomic E-state index is -0.514. The molecule has 0 heterocycles. The van der Waals surface area contributed by atoms with Crippen molar-refractivity contribution >= 4 is 17.3 Å². The molecule has 5 nitrogen and oxygen atoms in total. The molecular weight excluding hydrogens is 314 g/mol. The Kier molecular flexibility index (Phi) is 5.80. The van der Waals surface area contributed by atoms with Gasteiger partial charge >= 0.3 is 0 Å². The second kappa shape index (κ2) is 8.02. The summed E-state index contributed by atoms with van der Waals surface area (Å²) in [5.74, 6) is -0.0935. The van der Waals surface area contributed by atoms with Gasteiger partial charge in [0.25, 0.3) is 5.91 Å². The predicted molar refractivity (Wildman–Crippen MR) is 99.3 cm³/mol. The molecule has 0 atom stereocenters. The lowest BCUT2D eigenvalue weighted by atomic mass is 9.98. The molecular formula is C20H21N3O2. The van der Waals surface area contributed by atoms with Crippen molar-refractivity contribution in [3.05, 3.63) is 65.4 Å². The number of hydrogen-bond donors (Lipinski definition) is 3. The van der Waals surface area contributed by atoms with Gasteiger partial charge < -0.3 is 15.7 Å². The van der Waals surface area contributed by atoms with Crippen molar-refractivity contribution in [2.45, 2.75) is 26.7 Å². The molecule has 0 spiro atoms. The van der Waals surface area contributed by atoms with Gasteiger partial charge in [0, 0.05) is 17.6 Å². The number of amides is 1. The van der Waals surface area contributed by atoms with E-state index in [0.29, 0.717) is 11.6 Å². The summed E-state index contributed by atoms with van der Waals surface area (Å²) in [6.07, 6.45) is 1.42. The Morgan fingerprint density at radius 3 is 2.48 bits per heavy atom. The molecule has 0 bridgehead atoms. The standard InChI is InChI=1S/C20H21N3O2/c1-13(2)18-6-4-5-14(3)19(18)22-12-15(11-21)20(25)23-16-7-9-17(24)10-8-16/h4-10,12-13,22,24H,1-3H3,(H,23,25)/b15-12-. The van der Waals surface area contributed by atoms with Crippen LogP contribution in [0.4, 0.5) is 11.4 Å². The number of nitrogens with zero attached hydrogens (tertiary/aromatic N) is 1. The van der Waals surface area contributed by atoms with Crippen LogP contribution in [0.15, 0.2) is 54.2 Å². The van der Waals surface area contributed by atoms with Crippen LogP contribution in [-0.4, -0.2) is 11.0 Å². The van der Waals surface area contributed by atoms with Gasteiger partial charge in [0.2, 0.25) is 0 Å². The van der Waals surface area contributed by atoms with Crippen LogP contribution in [0.2, 0.25) is 0 Å². The van der Waals surface area contributed by atoms with Crippen molar-refractivity contribution in [2.24, 2.45) is 0 Å². The van der Waals surface area contributed by atoms with Gasteiger partial charge in [0.15, 0.2) is 0 Å². The molecule has 2 aromatic carbocycles. The number of rotatable bonds is 5. The highest BCUT2D eigenvalue weighted by molar-refractivity contribution is 6.06. The quantitative estimate of drug-likeness (QED) is 0.432. The van der Waals surface area contributed by atoms with Gasteiger partial charge in [0.1, 0.15) is 17.4 Å². The van der Waals surface area contributed by atoms with Crippen LogP contribution in [0, 0.1) is 18.3 Å². The second-order valence-corrected chi connectivity index (χ2v) is 6.01. The number of aromatic hydroxyl groups is 1. The van der Waals surface area contributed by atoms with Crippen LogP contribution in [0.1, 0.15) is 30.9 Å². The Bertz CT molecular complexity index is 831. The van der Waals surface area contributed by atoms with Crippen LogP contribution in [-0.2, 0) is 4.79 Å². The molecule has 128 valence electrons. The number of carbonyl (C=O) groups excluding carboxylic acids is 1. The Morgan fingerprint density at radius 1 is 1.20 bits per heavy atom. The zero-order valence-electron chi connectivity index (χ0n) is 14.5. The maximum absolute atomic E-state index is 12.2. The van der Waals surface area contributed by atoms with Gasteiger partial charge in [0.05, 0.1) is 0 Å². The number of phenolic OH excluding ortho intramolecular Hbond substituents is 1. The van der Waals surface area contributed by atoms with E-state index in [0.717, 1.165) is 16.8 Å². The zero-order chi connectivity index (χ0) is 18.4. The van der Waals surface area contributed by atoms with Gasteiger partial charge in [-0.3, -0.25) is 4.79 Å². The van der Waals surface area contributed by atoms with Crippen molar-refractivity contribution in [1.82, 2.24) is 0 Å². The molecule has 1 amide bonds. The largest absolute Gasteiger partial charge is 0.508 e. The summed E-state index contributed by atoms with van der Waals surface area (Å²) in [5, 5.41) is 24.3. The topological polar surface area (TPSA) is 85.2 Å². The maximum atomic E-state index is 12.2. The van der Waals surface area contributed by atoms with Crippen molar-refractivity contribution in [1.29, 1.82) is 5.26 Å². The van der Waals surface area contributed by atoms with Crippen molar-refractivity contribution in [3.63, 3.8) is 0 Å². The molecule has 0 unspecified atom stereocenters. The highest BCUT2D eigenvalue weighted by Gasteiger charge is 2.12. The van der Waals surface area contributed by atoms with E-state index in [2.05, 4.69) is 24.5 Å². The Hall–Kier alpha value is -3.26. The highest BCUT2D eigenvalue weighted by atomic mass is 16.3. The maximum Gasteiger partial charge on any atom is 0.267 e. The second-order valence-electron chi connectivity index (χ2n) is 6.01. The lowest BCUT2D eigenvalue weighted by Gasteiger charge is -2.15. The summed E-state index contributed by atoms with van der Waals surface area (Å²) in [6, 6.07) is 14.0. The van der Waals surface area contributed by atoms with E-state index >= 15 is 0 Å². The van der Waals surface area contributed by atoms with E-state index in [1.165, 1.54) is 18.3 Å². The first-order valence-electron chi connectivity index (χ1n) is 7.99. The summed E-state index contributed by atoms with van der Waals surface area (Å²) in [7, 11) is 0. The summed E-state index contributed by atoms with van der Waals surface area (Å²) >= 11 is 0. The first kappa shape index (κ1) is 18.1. The van der Waals surface area contributed by atoms with Gasteiger partial charge in [-0.2, -0.15) is 5.26 Å². The predicted octanol–water partition coefficient (Wildman–Crippen LogP) is 4.28. The third-order valence-electron chi connectivity index (χ3n) is 3.78. The van der Waals surface area contributed by atoms with E-state index < -0.39 is 5.91 Å². The van der Waals surface area contributed by atoms with E-state index in [9.17, 15) is 15.2 Å². The van der Waals surface area contributed by atoms with Gasteiger partial charge in [-0.15, -0.1) is 0 Å². The smallest absolute Gasteiger partial charge is 0.267 e. The summed E-state index contributed by atoms with van der Waals surface area (Å²) in [6.45, 7) is 6.16. The number of hydrogen-bond acceptors (Lipinski definition) is 4. The minimum absolute atomic E-state index is 0.0361. The Balaban J connectivity index is 2.19. The Morgan fingerprint density at radius 2 is 1.88 bits per heavy atom. The number of para-hydroxylation sites is 1. The molecule has 0 saturated carbocycles. The average Bonchev–Trinajstić information content (AvgIpc) is 2.58. The fraction of sp³-hybridized carbons (Fsp3) is 0.200. The average molecular weight is 335 g/mol. The molecule has 0 aliphatic rings. The molecule has 25 heavy (non-hydrogen) atoms. The number of nitriles is 1. The molecule has 0 saturated heterocycles. The molecule has 0 aliphatic carbocycles. The summed E-state index contributed by atoms with van der Waals surface area (Å²) in [4.78, 5) is 12.2.